The van der Waals surface area contributed by atoms with E-state index in [2.05, 4.69) is 48.0 Å². The maximum Gasteiger partial charge on any atom is 0.191 e. The molecule has 0 aliphatic carbocycles. The molecule has 2 N–H and O–H groups in total. The standard InChI is InChI=1S/C14H21N3/c1-11(2)9-14(10-16-13(15)17(14)3)12-7-5-4-6-8-12/h4-8,11H,9-10H2,1-3H3,(H2,15,16). The predicted molar refractivity (Wildman–Crippen MR) is 71.8 cm³/mol. The first-order valence-corrected chi connectivity index (χ1v) is 6.15. The molecule has 1 aromatic rings. The average Bonchev–Trinajstić information content (AvgIpc) is 2.59. The average molecular weight is 231 g/mol. The molecule has 92 valence electrons. The van der Waals surface area contributed by atoms with Crippen LogP contribution in [0, 0.1) is 5.92 Å². The van der Waals surface area contributed by atoms with Gasteiger partial charge in [0.2, 0.25) is 0 Å². The van der Waals surface area contributed by atoms with Crippen molar-refractivity contribution in [3.8, 4) is 0 Å². The van der Waals surface area contributed by atoms with Crippen LogP contribution in [0.25, 0.3) is 0 Å². The summed E-state index contributed by atoms with van der Waals surface area (Å²) in [4.78, 5) is 6.55. The fourth-order valence-corrected chi connectivity index (χ4v) is 2.67. The Morgan fingerprint density at radius 3 is 2.47 bits per heavy atom. The molecule has 2 rings (SSSR count). The molecule has 17 heavy (non-hydrogen) atoms. The minimum Gasteiger partial charge on any atom is -0.370 e. The molecular formula is C14H21N3. The van der Waals surface area contributed by atoms with Crippen LogP contribution >= 0.6 is 0 Å². The van der Waals surface area contributed by atoms with Crippen molar-refractivity contribution in [3.05, 3.63) is 35.9 Å². The van der Waals surface area contributed by atoms with E-state index in [1.807, 2.05) is 13.1 Å². The number of hydrogen-bond donors (Lipinski definition) is 1. The molecular weight excluding hydrogens is 210 g/mol. The molecule has 3 heteroatoms. The topological polar surface area (TPSA) is 41.6 Å². The summed E-state index contributed by atoms with van der Waals surface area (Å²) in [6.45, 7) is 5.25. The molecule has 1 aromatic carbocycles. The zero-order valence-corrected chi connectivity index (χ0v) is 10.9. The normalized spacial score (nSPS) is 24.2. The predicted octanol–water partition coefficient (Wildman–Crippen LogP) is 2.19. The van der Waals surface area contributed by atoms with Crippen LogP contribution in [-0.2, 0) is 5.54 Å². The Labute approximate surface area is 103 Å². The van der Waals surface area contributed by atoms with Gasteiger partial charge < -0.3 is 10.6 Å². The largest absolute Gasteiger partial charge is 0.370 e. The van der Waals surface area contributed by atoms with Gasteiger partial charge in [0.25, 0.3) is 0 Å². The van der Waals surface area contributed by atoms with Crippen LogP contribution in [0.2, 0.25) is 0 Å². The van der Waals surface area contributed by atoms with E-state index >= 15 is 0 Å². The molecule has 0 bridgehead atoms. The third-order valence-electron chi connectivity index (χ3n) is 3.55. The van der Waals surface area contributed by atoms with Gasteiger partial charge in [-0.2, -0.15) is 0 Å². The van der Waals surface area contributed by atoms with E-state index in [-0.39, 0.29) is 5.54 Å². The van der Waals surface area contributed by atoms with Gasteiger partial charge in [-0.25, -0.2) is 0 Å². The zero-order valence-electron chi connectivity index (χ0n) is 10.9. The van der Waals surface area contributed by atoms with Gasteiger partial charge in [0.05, 0.1) is 12.1 Å². The highest BCUT2D eigenvalue weighted by atomic mass is 15.3. The fraction of sp³-hybridized carbons (Fsp3) is 0.500. The number of hydrogen-bond acceptors (Lipinski definition) is 3. The molecule has 0 spiro atoms. The summed E-state index contributed by atoms with van der Waals surface area (Å²) in [6.07, 6.45) is 1.07. The first kappa shape index (κ1) is 12.0. The number of benzene rings is 1. The maximum atomic E-state index is 5.94. The molecule has 1 aliphatic rings. The molecule has 0 saturated heterocycles. The second-order valence-electron chi connectivity index (χ2n) is 5.23. The summed E-state index contributed by atoms with van der Waals surface area (Å²) in [7, 11) is 2.04. The molecule has 0 radical (unpaired) electrons. The molecule has 1 heterocycles. The SMILES string of the molecule is CC(C)CC1(c2ccccc2)CN=C(N)N1C. The minimum atomic E-state index is -0.0560. The molecule has 0 aromatic heterocycles. The number of rotatable bonds is 3. The van der Waals surface area contributed by atoms with Crippen molar-refractivity contribution in [1.82, 2.24) is 4.90 Å². The minimum absolute atomic E-state index is 0.0560. The second kappa shape index (κ2) is 4.40. The summed E-state index contributed by atoms with van der Waals surface area (Å²) in [5, 5.41) is 0. The molecule has 0 saturated carbocycles. The number of nitrogens with two attached hydrogens (primary N) is 1. The Balaban J connectivity index is 2.40. The third-order valence-corrected chi connectivity index (χ3v) is 3.55. The molecule has 0 amide bonds. The maximum absolute atomic E-state index is 5.94. The number of likely N-dealkylation sites (N-methyl/N-ethyl adjacent to an activating group) is 1. The van der Waals surface area contributed by atoms with Crippen molar-refractivity contribution < 1.29 is 0 Å². The Kier molecular flexibility index (Phi) is 3.09. The Morgan fingerprint density at radius 1 is 1.35 bits per heavy atom. The van der Waals surface area contributed by atoms with E-state index < -0.39 is 0 Å². The third kappa shape index (κ3) is 2.02. The van der Waals surface area contributed by atoms with Crippen LogP contribution in [-0.4, -0.2) is 24.5 Å². The number of guanidine groups is 1. The van der Waals surface area contributed by atoms with Crippen molar-refractivity contribution >= 4 is 5.96 Å². The Morgan fingerprint density at radius 2 is 2.00 bits per heavy atom. The van der Waals surface area contributed by atoms with E-state index in [0.717, 1.165) is 13.0 Å². The monoisotopic (exact) mass is 231 g/mol. The molecule has 1 unspecified atom stereocenters. The summed E-state index contributed by atoms with van der Waals surface area (Å²) < 4.78 is 0. The van der Waals surface area contributed by atoms with Crippen LogP contribution < -0.4 is 5.73 Å². The lowest BCUT2D eigenvalue weighted by Crippen LogP contribution is -2.47. The van der Waals surface area contributed by atoms with E-state index in [0.29, 0.717) is 11.9 Å². The van der Waals surface area contributed by atoms with Crippen molar-refractivity contribution in [3.63, 3.8) is 0 Å². The molecule has 1 aliphatic heterocycles. The lowest BCUT2D eigenvalue weighted by atomic mass is 9.82. The van der Waals surface area contributed by atoms with Gasteiger partial charge >= 0.3 is 0 Å². The number of nitrogens with zero attached hydrogens (tertiary/aromatic N) is 2. The van der Waals surface area contributed by atoms with Crippen LogP contribution in [0.5, 0.6) is 0 Å². The highest BCUT2D eigenvalue weighted by molar-refractivity contribution is 5.81. The van der Waals surface area contributed by atoms with Gasteiger partial charge in [0.15, 0.2) is 5.96 Å². The van der Waals surface area contributed by atoms with E-state index in [9.17, 15) is 0 Å². The summed E-state index contributed by atoms with van der Waals surface area (Å²) in [6, 6.07) is 10.6. The Hall–Kier alpha value is -1.51. The molecule has 3 nitrogen and oxygen atoms in total. The van der Waals surface area contributed by atoms with Gasteiger partial charge in [-0.15, -0.1) is 0 Å². The molecule has 0 fully saturated rings. The van der Waals surface area contributed by atoms with Crippen molar-refractivity contribution in [2.75, 3.05) is 13.6 Å². The van der Waals surface area contributed by atoms with Crippen molar-refractivity contribution in [2.45, 2.75) is 25.8 Å². The lowest BCUT2D eigenvalue weighted by molar-refractivity contribution is 0.195. The highest BCUT2D eigenvalue weighted by Crippen LogP contribution is 2.37. The van der Waals surface area contributed by atoms with E-state index in [1.54, 1.807) is 0 Å². The van der Waals surface area contributed by atoms with Gasteiger partial charge in [-0.05, 0) is 17.9 Å². The smallest absolute Gasteiger partial charge is 0.191 e. The quantitative estimate of drug-likeness (QED) is 0.866. The summed E-state index contributed by atoms with van der Waals surface area (Å²) in [5.74, 6) is 1.26. The Bertz CT molecular complexity index is 411. The van der Waals surface area contributed by atoms with Crippen LogP contribution in [0.1, 0.15) is 25.8 Å². The van der Waals surface area contributed by atoms with Crippen molar-refractivity contribution in [2.24, 2.45) is 16.6 Å². The first-order valence-electron chi connectivity index (χ1n) is 6.15. The summed E-state index contributed by atoms with van der Waals surface area (Å²) in [5.41, 5.74) is 7.19. The number of aliphatic imine (C=N–C) groups is 1. The van der Waals surface area contributed by atoms with Crippen LogP contribution in [0.4, 0.5) is 0 Å². The van der Waals surface area contributed by atoms with Gasteiger partial charge in [0.1, 0.15) is 0 Å². The van der Waals surface area contributed by atoms with Gasteiger partial charge in [-0.1, -0.05) is 44.2 Å². The zero-order chi connectivity index (χ0) is 12.5. The van der Waals surface area contributed by atoms with E-state index in [1.165, 1.54) is 5.56 Å². The van der Waals surface area contributed by atoms with Gasteiger partial charge in [-0.3, -0.25) is 4.99 Å². The molecule has 1 atom stereocenters. The first-order chi connectivity index (χ1) is 8.06. The van der Waals surface area contributed by atoms with Crippen molar-refractivity contribution in [1.29, 1.82) is 0 Å². The van der Waals surface area contributed by atoms with Crippen LogP contribution in [0.15, 0.2) is 35.3 Å². The lowest BCUT2D eigenvalue weighted by Gasteiger charge is -2.38. The fourth-order valence-electron chi connectivity index (χ4n) is 2.67. The highest BCUT2D eigenvalue weighted by Gasteiger charge is 2.41. The van der Waals surface area contributed by atoms with Crippen LogP contribution in [0.3, 0.4) is 0 Å². The summed E-state index contributed by atoms with van der Waals surface area (Å²) >= 11 is 0. The second-order valence-corrected chi connectivity index (χ2v) is 5.23. The van der Waals surface area contributed by atoms with E-state index in [4.69, 9.17) is 5.73 Å². The van der Waals surface area contributed by atoms with Gasteiger partial charge in [0, 0.05) is 7.05 Å².